The summed E-state index contributed by atoms with van der Waals surface area (Å²) in [5, 5.41) is 0. The average Bonchev–Trinajstić information content (AvgIpc) is 2.67. The van der Waals surface area contributed by atoms with E-state index in [1.54, 1.807) is 3.58 Å². The first-order valence-electron chi connectivity index (χ1n) is 11.7. The molecule has 0 atom stereocenters. The number of hydrogen-bond acceptors (Lipinski definition) is 3. The van der Waals surface area contributed by atoms with Crippen LogP contribution in [0.5, 0.6) is 5.75 Å². The van der Waals surface area contributed by atoms with Gasteiger partial charge in [-0.2, -0.15) is 0 Å². The third kappa shape index (κ3) is 9.76. The van der Waals surface area contributed by atoms with Crippen LogP contribution in [0.1, 0.15) is 86.5 Å². The van der Waals surface area contributed by atoms with Gasteiger partial charge in [0.05, 0.1) is 0 Å². The summed E-state index contributed by atoms with van der Waals surface area (Å²) in [5.74, 6) is 0.684. The Kier molecular flexibility index (Phi) is 12.3. The van der Waals surface area contributed by atoms with Crippen molar-refractivity contribution < 1.29 is 14.3 Å². The quantitative estimate of drug-likeness (QED) is 0.191. The van der Waals surface area contributed by atoms with Crippen molar-refractivity contribution >= 4 is 27.9 Å². The van der Waals surface area contributed by atoms with Gasteiger partial charge >= 0.3 is 184 Å². The normalized spacial score (nSPS) is 12.1. The van der Waals surface area contributed by atoms with Gasteiger partial charge in [-0.3, -0.25) is 0 Å². The van der Waals surface area contributed by atoms with E-state index >= 15 is 0 Å². The zero-order chi connectivity index (χ0) is 21.8. The van der Waals surface area contributed by atoms with Gasteiger partial charge in [-0.25, -0.2) is 0 Å². The number of esters is 1. The molecule has 3 nitrogen and oxygen atoms in total. The molecule has 1 aromatic rings. The number of rotatable bonds is 15. The van der Waals surface area contributed by atoms with Crippen molar-refractivity contribution in [2.45, 2.75) is 105 Å². The molecule has 0 radical (unpaired) electrons. The maximum atomic E-state index is 11.0. The average molecular weight is 511 g/mol. The number of carbonyl (C=O) groups is 1. The van der Waals surface area contributed by atoms with Gasteiger partial charge < -0.3 is 0 Å². The van der Waals surface area contributed by atoms with Crippen molar-refractivity contribution in [2.24, 2.45) is 0 Å². The second kappa shape index (κ2) is 13.6. The fraction of sp³-hybridized carbons (Fsp3) is 0.720. The molecule has 0 unspecified atom stereocenters. The number of ether oxygens (including phenoxy) is 2. The van der Waals surface area contributed by atoms with Crippen molar-refractivity contribution in [3.05, 3.63) is 24.3 Å². The van der Waals surface area contributed by atoms with Gasteiger partial charge in [0.1, 0.15) is 0 Å². The number of benzene rings is 1. The van der Waals surface area contributed by atoms with E-state index in [1.165, 1.54) is 58.8 Å². The molecule has 1 rings (SSSR count). The van der Waals surface area contributed by atoms with Crippen LogP contribution in [0.3, 0.4) is 0 Å². The van der Waals surface area contributed by atoms with Crippen LogP contribution in [0.2, 0.25) is 13.3 Å². The molecule has 0 aromatic heterocycles. The predicted molar refractivity (Wildman–Crippen MR) is 127 cm³/mol. The Labute approximate surface area is 183 Å². The van der Waals surface area contributed by atoms with Crippen LogP contribution in [0.4, 0.5) is 0 Å². The Balaban J connectivity index is 2.94. The zero-order valence-electron chi connectivity index (χ0n) is 19.8. The molecule has 0 saturated carbocycles. The summed E-state index contributed by atoms with van der Waals surface area (Å²) in [6, 6.07) is 9.12. The Morgan fingerprint density at radius 3 is 1.79 bits per heavy atom. The Bertz CT molecular complexity index is 558. The van der Waals surface area contributed by atoms with Crippen molar-refractivity contribution in [3.63, 3.8) is 0 Å². The molecule has 29 heavy (non-hydrogen) atoms. The Morgan fingerprint density at radius 1 is 0.897 bits per heavy atom. The topological polar surface area (TPSA) is 35.5 Å². The van der Waals surface area contributed by atoms with Crippen LogP contribution in [0.15, 0.2) is 24.3 Å². The van der Waals surface area contributed by atoms with Crippen LogP contribution < -0.4 is 8.32 Å². The van der Waals surface area contributed by atoms with E-state index in [9.17, 15) is 4.79 Å². The molecule has 0 aliphatic rings. The molecule has 0 aliphatic heterocycles. The van der Waals surface area contributed by atoms with Crippen molar-refractivity contribution in [3.8, 4) is 5.75 Å². The van der Waals surface area contributed by atoms with Crippen molar-refractivity contribution in [2.75, 3.05) is 6.61 Å². The number of hydrogen-bond donors (Lipinski definition) is 0. The first kappa shape index (κ1) is 26.3. The summed E-state index contributed by atoms with van der Waals surface area (Å²) in [7, 11) is 0. The summed E-state index contributed by atoms with van der Waals surface area (Å²) in [6.07, 6.45) is 8.72. The predicted octanol–water partition coefficient (Wildman–Crippen LogP) is 6.85. The fourth-order valence-corrected chi connectivity index (χ4v) is 20.0. The fourth-order valence-electron chi connectivity index (χ4n) is 4.04. The maximum absolute atomic E-state index is 11.0. The zero-order valence-corrected chi connectivity index (χ0v) is 22.7. The van der Waals surface area contributed by atoms with Crippen LogP contribution in [-0.2, 0) is 9.53 Å². The Hall–Kier alpha value is -0.711. The Morgan fingerprint density at radius 2 is 1.38 bits per heavy atom. The molecule has 0 spiro atoms. The van der Waals surface area contributed by atoms with Gasteiger partial charge in [-0.05, 0) is 0 Å². The molecule has 0 amide bonds. The summed E-state index contributed by atoms with van der Waals surface area (Å²) >= 11 is -2.36. The van der Waals surface area contributed by atoms with E-state index in [4.69, 9.17) is 9.47 Å². The summed E-state index contributed by atoms with van der Waals surface area (Å²) < 4.78 is 17.4. The second-order valence-electron chi connectivity index (χ2n) is 9.07. The second-order valence-corrected chi connectivity index (χ2v) is 22.3. The standard InChI is InChI=1S/C13H17O3.3C4H9.Sn/c1-11(14)15-10-9-13(2,3)16-12-7-5-4-6-8-12;3*1-3-4-2;/h5-8H,9-10H2,1-3H3;3*1,3-4H2,2H3;. The molecular formula is C25H44O3Sn. The van der Waals surface area contributed by atoms with E-state index in [2.05, 4.69) is 58.9 Å². The molecule has 0 saturated heterocycles. The van der Waals surface area contributed by atoms with Gasteiger partial charge in [-0.1, -0.05) is 0 Å². The first-order valence-corrected chi connectivity index (χ1v) is 19.2. The van der Waals surface area contributed by atoms with Gasteiger partial charge in [-0.15, -0.1) is 0 Å². The monoisotopic (exact) mass is 512 g/mol. The van der Waals surface area contributed by atoms with E-state index in [-0.39, 0.29) is 11.6 Å². The molecule has 0 fully saturated rings. The van der Waals surface area contributed by atoms with E-state index < -0.39 is 18.4 Å². The van der Waals surface area contributed by atoms with Crippen molar-refractivity contribution in [1.82, 2.24) is 0 Å². The van der Waals surface area contributed by atoms with E-state index in [0.717, 1.165) is 5.75 Å². The van der Waals surface area contributed by atoms with Gasteiger partial charge in [0.15, 0.2) is 0 Å². The van der Waals surface area contributed by atoms with Gasteiger partial charge in [0, 0.05) is 0 Å². The molecule has 1 aromatic carbocycles. The SMILES string of the molecule is CCC[CH2][Sn]([CH2]CCC)([CH2]CCC)[c]1ccc(OC(C)(C)CCOC(C)=O)cc1. The van der Waals surface area contributed by atoms with Crippen LogP contribution in [-0.4, -0.2) is 36.6 Å². The summed E-state index contributed by atoms with van der Waals surface area (Å²) in [4.78, 5) is 11.0. The van der Waals surface area contributed by atoms with Crippen molar-refractivity contribution in [1.29, 1.82) is 0 Å². The summed E-state index contributed by atoms with van der Waals surface area (Å²) in [5.41, 5.74) is -0.357. The number of unbranched alkanes of at least 4 members (excludes halogenated alkanes) is 3. The van der Waals surface area contributed by atoms with E-state index in [1.807, 2.05) is 0 Å². The van der Waals surface area contributed by atoms with E-state index in [0.29, 0.717) is 13.0 Å². The first-order chi connectivity index (χ1) is 13.8. The van der Waals surface area contributed by atoms with Gasteiger partial charge in [0.2, 0.25) is 0 Å². The molecule has 0 N–H and O–H groups in total. The molecule has 0 aliphatic carbocycles. The molecule has 166 valence electrons. The number of carbonyl (C=O) groups excluding carboxylic acids is 1. The molecule has 0 heterocycles. The minimum atomic E-state index is -2.36. The summed E-state index contributed by atoms with van der Waals surface area (Å²) in [6.45, 7) is 12.9. The van der Waals surface area contributed by atoms with Gasteiger partial charge in [0.25, 0.3) is 0 Å². The minimum absolute atomic E-state index is 0.236. The molecule has 0 bridgehead atoms. The third-order valence-corrected chi connectivity index (χ3v) is 21.6. The molecule has 4 heteroatoms. The van der Waals surface area contributed by atoms with Crippen LogP contribution in [0.25, 0.3) is 0 Å². The molecular weight excluding hydrogens is 467 g/mol. The van der Waals surface area contributed by atoms with Crippen LogP contribution >= 0.6 is 0 Å². The third-order valence-electron chi connectivity index (χ3n) is 5.90. The van der Waals surface area contributed by atoms with Crippen LogP contribution in [0, 0.1) is 0 Å².